The van der Waals surface area contributed by atoms with Gasteiger partial charge in [-0.05, 0) is 6.07 Å². The Bertz CT molecular complexity index is 565. The molecule has 0 amide bonds. The van der Waals surface area contributed by atoms with Crippen LogP contribution >= 0.6 is 0 Å². The summed E-state index contributed by atoms with van der Waals surface area (Å²) in [7, 11) is -8.79. The van der Waals surface area contributed by atoms with E-state index >= 15 is 0 Å². The lowest BCUT2D eigenvalue weighted by molar-refractivity contribution is 0.429. The van der Waals surface area contributed by atoms with Gasteiger partial charge in [-0.3, -0.25) is 0 Å². The van der Waals surface area contributed by atoms with E-state index in [0.717, 1.165) is 18.4 Å². The summed E-state index contributed by atoms with van der Waals surface area (Å²) in [6.45, 7) is 0. The molecule has 0 unspecified atom stereocenters. The van der Waals surface area contributed by atoms with Crippen molar-refractivity contribution >= 4 is 20.3 Å². The molecule has 0 saturated carbocycles. The van der Waals surface area contributed by atoms with Gasteiger partial charge >= 0.3 is 10.5 Å². The number of rotatable bonds is 3. The second-order valence-corrected chi connectivity index (χ2v) is 5.48. The van der Waals surface area contributed by atoms with Crippen LogP contribution < -0.4 is 4.18 Å². The van der Waals surface area contributed by atoms with Gasteiger partial charge in [0.15, 0.2) is 14.9 Å². The molecule has 0 aliphatic carbocycles. The van der Waals surface area contributed by atoms with Crippen LogP contribution in [-0.4, -0.2) is 28.1 Å². The normalized spacial score (nSPS) is 12.4. The summed E-state index contributed by atoms with van der Waals surface area (Å²) in [6.07, 6.45) is 0.878. The topological polar surface area (TPSA) is 90.4 Å². The van der Waals surface area contributed by atoms with Crippen LogP contribution in [0.3, 0.4) is 0 Å². The van der Waals surface area contributed by atoms with Gasteiger partial charge in [0.2, 0.25) is 5.88 Å². The summed E-state index contributed by atoms with van der Waals surface area (Å²) >= 11 is 0. The van der Waals surface area contributed by atoms with Crippen molar-refractivity contribution in [1.82, 2.24) is 4.98 Å². The van der Waals surface area contributed by atoms with E-state index in [4.69, 9.17) is 0 Å². The predicted octanol–water partition coefficient (Wildman–Crippen LogP) is 0.0782. The molecule has 0 fully saturated rings. The van der Waals surface area contributed by atoms with Crippen LogP contribution in [0.1, 0.15) is 0 Å². The van der Waals surface area contributed by atoms with Crippen LogP contribution in [0.2, 0.25) is 0 Å². The fourth-order valence-corrected chi connectivity index (χ4v) is 1.63. The lowest BCUT2D eigenvalue weighted by atomic mass is 10.5. The Morgan fingerprint density at radius 2 is 1.87 bits per heavy atom. The summed E-state index contributed by atoms with van der Waals surface area (Å²) < 4.78 is 58.0. The average Bonchev–Trinajstić information content (AvgIpc) is 1.99. The molecule has 84 valence electrons. The number of hydrogen-bond donors (Lipinski definition) is 0. The molecule has 0 aliphatic rings. The van der Waals surface area contributed by atoms with Crippen molar-refractivity contribution in [2.24, 2.45) is 0 Å². The highest BCUT2D eigenvalue weighted by Gasteiger charge is 2.14. The minimum Gasteiger partial charge on any atom is -0.338 e. The SMILES string of the molecule is CS(=O)(=O)c1cccc(OS(=O)(=O)F)n1. The van der Waals surface area contributed by atoms with E-state index in [-0.39, 0.29) is 0 Å². The van der Waals surface area contributed by atoms with Crippen LogP contribution in [0.15, 0.2) is 23.2 Å². The molecule has 6 nitrogen and oxygen atoms in total. The molecule has 1 aromatic rings. The monoisotopic (exact) mass is 255 g/mol. The van der Waals surface area contributed by atoms with E-state index in [2.05, 4.69) is 9.17 Å². The molecule has 0 N–H and O–H groups in total. The number of aromatic nitrogens is 1. The molecule has 1 rings (SSSR count). The quantitative estimate of drug-likeness (QED) is 0.710. The molecule has 0 bridgehead atoms. The van der Waals surface area contributed by atoms with Crippen molar-refractivity contribution in [3.8, 4) is 5.88 Å². The summed E-state index contributed by atoms with van der Waals surface area (Å²) in [5, 5.41) is -0.399. The van der Waals surface area contributed by atoms with E-state index in [0.29, 0.717) is 0 Å². The first-order valence-corrected chi connectivity index (χ1v) is 6.70. The average molecular weight is 255 g/mol. The van der Waals surface area contributed by atoms with Gasteiger partial charge in [0.25, 0.3) is 0 Å². The molecule has 0 saturated heterocycles. The number of hydrogen-bond acceptors (Lipinski definition) is 6. The largest absolute Gasteiger partial charge is 0.490 e. The molecular weight excluding hydrogens is 249 g/mol. The molecule has 15 heavy (non-hydrogen) atoms. The highest BCUT2D eigenvalue weighted by molar-refractivity contribution is 7.90. The van der Waals surface area contributed by atoms with Gasteiger partial charge in [0, 0.05) is 12.3 Å². The standard InChI is InChI=1S/C6H6FNO5S2/c1-14(9,10)6-4-2-3-5(8-6)13-15(7,11)12/h2-4H,1H3. The first-order chi connectivity index (χ1) is 6.68. The fourth-order valence-electron chi connectivity index (χ4n) is 0.751. The Labute approximate surface area is 86.1 Å². The van der Waals surface area contributed by atoms with Crippen molar-refractivity contribution in [3.63, 3.8) is 0 Å². The second kappa shape index (κ2) is 3.74. The third kappa shape index (κ3) is 3.80. The van der Waals surface area contributed by atoms with Gasteiger partial charge in [-0.25, -0.2) is 13.4 Å². The zero-order valence-corrected chi connectivity index (χ0v) is 9.05. The molecule has 0 spiro atoms. The number of pyridine rings is 1. The maximum Gasteiger partial charge on any atom is 0.490 e. The Kier molecular flexibility index (Phi) is 2.95. The Balaban J connectivity index is 3.15. The third-order valence-electron chi connectivity index (χ3n) is 1.26. The summed E-state index contributed by atoms with van der Waals surface area (Å²) in [5.74, 6) is -0.638. The molecule has 0 aliphatic heterocycles. The van der Waals surface area contributed by atoms with Gasteiger partial charge < -0.3 is 4.18 Å². The summed E-state index contributed by atoms with van der Waals surface area (Å²) in [5.41, 5.74) is 0. The van der Waals surface area contributed by atoms with E-state index in [9.17, 15) is 20.7 Å². The van der Waals surface area contributed by atoms with Gasteiger partial charge in [0.1, 0.15) is 0 Å². The Morgan fingerprint density at radius 1 is 1.27 bits per heavy atom. The maximum atomic E-state index is 12.1. The van der Waals surface area contributed by atoms with Crippen molar-refractivity contribution in [3.05, 3.63) is 18.2 Å². The third-order valence-corrected chi connectivity index (χ3v) is 2.62. The van der Waals surface area contributed by atoms with Crippen LogP contribution in [0.25, 0.3) is 0 Å². The van der Waals surface area contributed by atoms with Gasteiger partial charge in [-0.15, -0.1) is 0 Å². The van der Waals surface area contributed by atoms with Gasteiger partial charge in [-0.2, -0.15) is 8.42 Å². The number of halogens is 1. The smallest absolute Gasteiger partial charge is 0.338 e. The summed E-state index contributed by atoms with van der Waals surface area (Å²) in [4.78, 5) is 3.30. The van der Waals surface area contributed by atoms with E-state index < -0.39 is 31.2 Å². The van der Waals surface area contributed by atoms with Gasteiger partial charge in [-0.1, -0.05) is 9.95 Å². The van der Waals surface area contributed by atoms with Crippen LogP contribution in [0.4, 0.5) is 3.89 Å². The van der Waals surface area contributed by atoms with Gasteiger partial charge in [0.05, 0.1) is 0 Å². The van der Waals surface area contributed by atoms with Crippen LogP contribution in [0.5, 0.6) is 5.88 Å². The van der Waals surface area contributed by atoms with Crippen molar-refractivity contribution in [2.45, 2.75) is 5.03 Å². The molecule has 0 atom stereocenters. The van der Waals surface area contributed by atoms with E-state index in [1.807, 2.05) is 0 Å². The molecule has 1 heterocycles. The summed E-state index contributed by atoms with van der Waals surface area (Å²) in [6, 6.07) is 3.34. The molecule has 0 radical (unpaired) electrons. The minimum absolute atomic E-state index is 0.399. The van der Waals surface area contributed by atoms with E-state index in [1.54, 1.807) is 0 Å². The molecule has 9 heteroatoms. The van der Waals surface area contributed by atoms with Crippen LogP contribution in [0, 0.1) is 0 Å². The number of nitrogens with zero attached hydrogens (tertiary/aromatic N) is 1. The van der Waals surface area contributed by atoms with Crippen molar-refractivity contribution in [1.29, 1.82) is 0 Å². The number of sulfone groups is 1. The lowest BCUT2D eigenvalue weighted by Crippen LogP contribution is -2.06. The van der Waals surface area contributed by atoms with Crippen molar-refractivity contribution in [2.75, 3.05) is 6.26 Å². The Hall–Kier alpha value is -1.22. The zero-order valence-electron chi connectivity index (χ0n) is 7.41. The minimum atomic E-state index is -5.20. The first-order valence-electron chi connectivity index (χ1n) is 3.50. The predicted molar refractivity (Wildman–Crippen MR) is 48.0 cm³/mol. The Morgan fingerprint density at radius 3 is 2.33 bits per heavy atom. The molecule has 0 aromatic carbocycles. The molecule has 1 aromatic heterocycles. The van der Waals surface area contributed by atoms with E-state index in [1.165, 1.54) is 6.07 Å². The zero-order chi connectivity index (χ0) is 11.7. The highest BCUT2D eigenvalue weighted by atomic mass is 32.3. The van der Waals surface area contributed by atoms with Crippen LogP contribution in [-0.2, 0) is 20.3 Å². The van der Waals surface area contributed by atoms with Crippen molar-refractivity contribution < 1.29 is 24.9 Å². The maximum absolute atomic E-state index is 12.1. The first kappa shape index (κ1) is 11.9. The highest BCUT2D eigenvalue weighted by Crippen LogP contribution is 2.13. The molecular formula is C6H6FNO5S2. The lowest BCUT2D eigenvalue weighted by Gasteiger charge is -2.00. The fraction of sp³-hybridized carbons (Fsp3) is 0.167. The second-order valence-electron chi connectivity index (χ2n) is 2.56.